The molecule has 0 aromatic carbocycles. The fourth-order valence-corrected chi connectivity index (χ4v) is 1.48. The van der Waals surface area contributed by atoms with Crippen LogP contribution in [-0.2, 0) is 11.3 Å². The number of nitrogens with two attached hydrogens (primary N) is 1. The molecule has 15 heavy (non-hydrogen) atoms. The van der Waals surface area contributed by atoms with Gasteiger partial charge in [0.05, 0.1) is 18.2 Å². The van der Waals surface area contributed by atoms with Crippen molar-refractivity contribution in [3.05, 3.63) is 18.2 Å². The molecule has 1 unspecified atom stereocenters. The van der Waals surface area contributed by atoms with E-state index in [1.54, 1.807) is 12.5 Å². The maximum absolute atomic E-state index is 11.3. The van der Waals surface area contributed by atoms with Gasteiger partial charge >= 0.3 is 0 Å². The van der Waals surface area contributed by atoms with E-state index in [0.717, 1.165) is 25.2 Å². The number of nitrogens with one attached hydrogen (secondary N) is 1. The molecule has 1 aromatic rings. The number of primary amides is 1. The largest absolute Gasteiger partial charge is 0.368 e. The lowest BCUT2D eigenvalue weighted by Crippen LogP contribution is -2.35. The van der Waals surface area contributed by atoms with Gasteiger partial charge in [-0.15, -0.1) is 0 Å². The first-order valence-corrected chi connectivity index (χ1v) is 5.23. The van der Waals surface area contributed by atoms with Gasteiger partial charge in [0.15, 0.2) is 0 Å². The molecule has 0 fully saturated rings. The van der Waals surface area contributed by atoms with Gasteiger partial charge in [0.2, 0.25) is 5.91 Å². The van der Waals surface area contributed by atoms with Crippen LogP contribution in [-0.4, -0.2) is 22.0 Å². The number of aromatic nitrogens is 2. The summed E-state index contributed by atoms with van der Waals surface area (Å²) in [5.41, 5.74) is 6.18. The zero-order valence-corrected chi connectivity index (χ0v) is 9.23. The summed E-state index contributed by atoms with van der Waals surface area (Å²) in [4.78, 5) is 15.3. The average molecular weight is 210 g/mol. The standard InChI is InChI=1S/C10H18N4O/c1-3-5-13-9(10(11)15)8-6-12-7-14(8)4-2/h6-7,9,13H,3-5H2,1-2H3,(H2,11,15). The van der Waals surface area contributed by atoms with Crippen molar-refractivity contribution in [2.75, 3.05) is 6.54 Å². The molecule has 0 spiro atoms. The van der Waals surface area contributed by atoms with Gasteiger partial charge in [0.25, 0.3) is 0 Å². The summed E-state index contributed by atoms with van der Waals surface area (Å²) < 4.78 is 1.91. The second-order valence-electron chi connectivity index (χ2n) is 3.39. The number of hydrogen-bond acceptors (Lipinski definition) is 3. The second kappa shape index (κ2) is 5.50. The lowest BCUT2D eigenvalue weighted by molar-refractivity contribution is -0.120. The fraction of sp³-hybridized carbons (Fsp3) is 0.600. The Balaban J connectivity index is 2.83. The van der Waals surface area contributed by atoms with Crippen molar-refractivity contribution < 1.29 is 4.79 Å². The Morgan fingerprint density at radius 3 is 2.93 bits per heavy atom. The molecule has 0 bridgehead atoms. The zero-order valence-electron chi connectivity index (χ0n) is 9.23. The van der Waals surface area contributed by atoms with E-state index in [0.29, 0.717) is 0 Å². The van der Waals surface area contributed by atoms with E-state index in [1.807, 2.05) is 18.4 Å². The van der Waals surface area contributed by atoms with E-state index in [4.69, 9.17) is 5.73 Å². The van der Waals surface area contributed by atoms with Gasteiger partial charge in [-0.3, -0.25) is 4.79 Å². The van der Waals surface area contributed by atoms with E-state index < -0.39 is 6.04 Å². The van der Waals surface area contributed by atoms with Gasteiger partial charge in [0.1, 0.15) is 6.04 Å². The first kappa shape index (κ1) is 11.7. The molecule has 0 saturated carbocycles. The summed E-state index contributed by atoms with van der Waals surface area (Å²) >= 11 is 0. The van der Waals surface area contributed by atoms with E-state index >= 15 is 0 Å². The summed E-state index contributed by atoms with van der Waals surface area (Å²) in [6, 6.07) is -0.438. The Bertz CT molecular complexity index is 321. The first-order valence-electron chi connectivity index (χ1n) is 5.23. The summed E-state index contributed by atoms with van der Waals surface area (Å²) in [6.45, 7) is 5.60. The lowest BCUT2D eigenvalue weighted by atomic mass is 10.2. The minimum atomic E-state index is -0.438. The zero-order chi connectivity index (χ0) is 11.3. The van der Waals surface area contributed by atoms with Crippen LogP contribution in [0.5, 0.6) is 0 Å². The number of amides is 1. The molecule has 84 valence electrons. The number of hydrogen-bond donors (Lipinski definition) is 2. The van der Waals surface area contributed by atoms with Crippen LogP contribution >= 0.6 is 0 Å². The van der Waals surface area contributed by atoms with Crippen LogP contribution in [0.15, 0.2) is 12.5 Å². The Morgan fingerprint density at radius 1 is 1.67 bits per heavy atom. The second-order valence-corrected chi connectivity index (χ2v) is 3.39. The topological polar surface area (TPSA) is 72.9 Å². The van der Waals surface area contributed by atoms with Crippen molar-refractivity contribution in [2.24, 2.45) is 5.73 Å². The van der Waals surface area contributed by atoms with Crippen molar-refractivity contribution in [3.63, 3.8) is 0 Å². The number of nitrogens with zero attached hydrogens (tertiary/aromatic N) is 2. The van der Waals surface area contributed by atoms with Crippen molar-refractivity contribution in [1.82, 2.24) is 14.9 Å². The molecule has 5 heteroatoms. The molecule has 1 heterocycles. The number of aryl methyl sites for hydroxylation is 1. The van der Waals surface area contributed by atoms with Crippen molar-refractivity contribution in [1.29, 1.82) is 0 Å². The highest BCUT2D eigenvalue weighted by atomic mass is 16.1. The molecule has 0 saturated heterocycles. The van der Waals surface area contributed by atoms with Crippen LogP contribution in [0.1, 0.15) is 32.0 Å². The Hall–Kier alpha value is -1.36. The molecule has 1 aromatic heterocycles. The van der Waals surface area contributed by atoms with E-state index in [2.05, 4.69) is 10.3 Å². The van der Waals surface area contributed by atoms with Crippen LogP contribution in [0, 0.1) is 0 Å². The van der Waals surface area contributed by atoms with Gasteiger partial charge in [-0.2, -0.15) is 0 Å². The van der Waals surface area contributed by atoms with Gasteiger partial charge in [0, 0.05) is 6.54 Å². The highest BCUT2D eigenvalue weighted by Crippen LogP contribution is 2.11. The van der Waals surface area contributed by atoms with Gasteiger partial charge < -0.3 is 15.6 Å². The summed E-state index contributed by atoms with van der Waals surface area (Å²) in [7, 11) is 0. The summed E-state index contributed by atoms with van der Waals surface area (Å²) in [5.74, 6) is -0.362. The quantitative estimate of drug-likeness (QED) is 0.715. The number of carbonyl (C=O) groups is 1. The SMILES string of the molecule is CCCNC(C(N)=O)c1cncn1CC. The fourth-order valence-electron chi connectivity index (χ4n) is 1.48. The average Bonchev–Trinajstić information content (AvgIpc) is 2.66. The number of imidazole rings is 1. The van der Waals surface area contributed by atoms with Crippen molar-refractivity contribution in [2.45, 2.75) is 32.9 Å². The summed E-state index contributed by atoms with van der Waals surface area (Å²) in [6.07, 6.45) is 4.35. The Morgan fingerprint density at radius 2 is 2.40 bits per heavy atom. The maximum atomic E-state index is 11.3. The van der Waals surface area contributed by atoms with Crippen LogP contribution < -0.4 is 11.1 Å². The molecular weight excluding hydrogens is 192 g/mol. The van der Waals surface area contributed by atoms with E-state index in [9.17, 15) is 4.79 Å². The van der Waals surface area contributed by atoms with Gasteiger partial charge in [-0.25, -0.2) is 4.98 Å². The lowest BCUT2D eigenvalue weighted by Gasteiger charge is -2.16. The molecule has 3 N–H and O–H groups in total. The molecule has 0 aliphatic rings. The Kier molecular flexibility index (Phi) is 4.30. The van der Waals surface area contributed by atoms with E-state index in [1.165, 1.54) is 0 Å². The third-order valence-corrected chi connectivity index (χ3v) is 2.26. The molecule has 0 aliphatic carbocycles. The van der Waals surface area contributed by atoms with Crippen LogP contribution in [0.25, 0.3) is 0 Å². The van der Waals surface area contributed by atoms with Crippen molar-refractivity contribution >= 4 is 5.91 Å². The van der Waals surface area contributed by atoms with Gasteiger partial charge in [-0.1, -0.05) is 6.92 Å². The molecule has 1 atom stereocenters. The molecular formula is C10H18N4O. The highest BCUT2D eigenvalue weighted by molar-refractivity contribution is 5.80. The number of rotatable bonds is 6. The minimum absolute atomic E-state index is 0.362. The molecule has 1 rings (SSSR count). The maximum Gasteiger partial charge on any atom is 0.240 e. The Labute approximate surface area is 89.7 Å². The first-order chi connectivity index (χ1) is 7.20. The summed E-state index contributed by atoms with van der Waals surface area (Å²) in [5, 5.41) is 3.11. The van der Waals surface area contributed by atoms with E-state index in [-0.39, 0.29) is 5.91 Å². The molecule has 0 aliphatic heterocycles. The third kappa shape index (κ3) is 2.79. The predicted molar refractivity (Wildman–Crippen MR) is 58.1 cm³/mol. The minimum Gasteiger partial charge on any atom is -0.368 e. The van der Waals surface area contributed by atoms with Crippen LogP contribution in [0.4, 0.5) is 0 Å². The van der Waals surface area contributed by atoms with Crippen LogP contribution in [0.2, 0.25) is 0 Å². The highest BCUT2D eigenvalue weighted by Gasteiger charge is 2.19. The molecule has 5 nitrogen and oxygen atoms in total. The molecule has 0 radical (unpaired) electrons. The smallest absolute Gasteiger partial charge is 0.240 e. The predicted octanol–water partition coefficient (Wildman–Crippen LogP) is 0.429. The molecule has 1 amide bonds. The van der Waals surface area contributed by atoms with Crippen LogP contribution in [0.3, 0.4) is 0 Å². The normalized spacial score (nSPS) is 12.7. The van der Waals surface area contributed by atoms with Gasteiger partial charge in [-0.05, 0) is 19.9 Å². The number of carbonyl (C=O) groups excluding carboxylic acids is 1. The monoisotopic (exact) mass is 210 g/mol. The third-order valence-electron chi connectivity index (χ3n) is 2.26. The van der Waals surface area contributed by atoms with Crippen molar-refractivity contribution in [3.8, 4) is 0 Å².